The number of hydrogen-bond donors (Lipinski definition) is 0. The van der Waals surface area contributed by atoms with Crippen LogP contribution in [0.3, 0.4) is 0 Å². The van der Waals surface area contributed by atoms with Crippen LogP contribution in [0, 0.1) is 13.8 Å². The smallest absolute Gasteiger partial charge is 0.141 e. The molecule has 0 saturated carbocycles. The molecule has 0 aliphatic rings. The van der Waals surface area contributed by atoms with Gasteiger partial charge in [-0.15, -0.1) is 0 Å². The van der Waals surface area contributed by atoms with Gasteiger partial charge in [-0.05, 0) is 77.4 Å². The van der Waals surface area contributed by atoms with Crippen LogP contribution < -0.4 is 4.74 Å². The summed E-state index contributed by atoms with van der Waals surface area (Å²) < 4.78 is 9.65. The number of nitrogens with zero attached hydrogens (tertiary/aromatic N) is 3. The summed E-state index contributed by atoms with van der Waals surface area (Å²) in [5, 5.41) is 0. The molecule has 1 aromatic heterocycles. The van der Waals surface area contributed by atoms with Gasteiger partial charge in [0, 0.05) is 34.7 Å². The first kappa shape index (κ1) is 25.5. The number of aryl methyl sites for hydroxylation is 2. The standard InChI is InChI=1S/C30H36BrN3O/c1-20(2)33(21(3)4)13-14-35-26-11-12-28-29(18-26)34(19-24-9-7-8-10-27(24)31)30(32-28)25-16-22(5)15-23(6)17-25/h7-12,15-18,20-21H,13-14,19H2,1-6H3. The van der Waals surface area contributed by atoms with Crippen molar-refractivity contribution in [2.24, 2.45) is 0 Å². The van der Waals surface area contributed by atoms with Crippen LogP contribution in [0.1, 0.15) is 44.4 Å². The second-order valence-corrected chi connectivity index (χ2v) is 10.8. The molecule has 3 aromatic carbocycles. The minimum absolute atomic E-state index is 0.493. The van der Waals surface area contributed by atoms with Crippen LogP contribution in [0.25, 0.3) is 22.4 Å². The fourth-order valence-corrected chi connectivity index (χ4v) is 5.27. The summed E-state index contributed by atoms with van der Waals surface area (Å²) in [5.74, 6) is 1.86. The normalized spacial score (nSPS) is 11.8. The van der Waals surface area contributed by atoms with Gasteiger partial charge in [-0.3, -0.25) is 4.90 Å². The Morgan fingerprint density at radius 1 is 0.914 bits per heavy atom. The van der Waals surface area contributed by atoms with Crippen molar-refractivity contribution in [2.45, 2.75) is 60.2 Å². The number of ether oxygens (including phenoxy) is 1. The van der Waals surface area contributed by atoms with E-state index in [1.165, 1.54) is 16.7 Å². The number of halogens is 1. The van der Waals surface area contributed by atoms with Crippen LogP contribution in [0.5, 0.6) is 5.75 Å². The molecule has 0 unspecified atom stereocenters. The number of imidazole rings is 1. The second-order valence-electron chi connectivity index (χ2n) is 9.91. The summed E-state index contributed by atoms with van der Waals surface area (Å²) >= 11 is 3.73. The first-order valence-electron chi connectivity index (χ1n) is 12.4. The second kappa shape index (κ2) is 11.0. The van der Waals surface area contributed by atoms with E-state index in [2.05, 4.69) is 115 Å². The predicted molar refractivity (Wildman–Crippen MR) is 150 cm³/mol. The Balaban J connectivity index is 1.72. The highest BCUT2D eigenvalue weighted by molar-refractivity contribution is 9.10. The molecule has 0 amide bonds. The van der Waals surface area contributed by atoms with Gasteiger partial charge in [-0.2, -0.15) is 0 Å². The summed E-state index contributed by atoms with van der Waals surface area (Å²) in [4.78, 5) is 7.52. The third kappa shape index (κ3) is 5.96. The highest BCUT2D eigenvalue weighted by Crippen LogP contribution is 2.31. The zero-order valence-electron chi connectivity index (χ0n) is 21.7. The monoisotopic (exact) mass is 533 g/mol. The van der Waals surface area contributed by atoms with Crippen LogP contribution in [-0.2, 0) is 6.54 Å². The molecule has 1 heterocycles. The molecule has 35 heavy (non-hydrogen) atoms. The molecule has 0 aliphatic carbocycles. The Bertz CT molecular complexity index is 1280. The summed E-state index contributed by atoms with van der Waals surface area (Å²) in [6.07, 6.45) is 0. The third-order valence-corrected chi connectivity index (χ3v) is 7.20. The lowest BCUT2D eigenvalue weighted by Gasteiger charge is -2.30. The molecule has 4 nitrogen and oxygen atoms in total. The SMILES string of the molecule is Cc1cc(C)cc(-c2nc3ccc(OCCN(C(C)C)C(C)C)cc3n2Cc2ccccc2Br)c1. The van der Waals surface area contributed by atoms with Crippen molar-refractivity contribution >= 4 is 27.0 Å². The van der Waals surface area contributed by atoms with E-state index in [1.807, 2.05) is 12.1 Å². The number of benzene rings is 3. The Hall–Kier alpha value is -2.63. The first-order chi connectivity index (χ1) is 16.7. The lowest BCUT2D eigenvalue weighted by molar-refractivity contribution is 0.142. The maximum absolute atomic E-state index is 6.24. The molecule has 0 saturated heterocycles. The van der Waals surface area contributed by atoms with Gasteiger partial charge >= 0.3 is 0 Å². The molecule has 184 valence electrons. The van der Waals surface area contributed by atoms with E-state index >= 15 is 0 Å². The molecule has 0 aliphatic heterocycles. The average Bonchev–Trinajstić information content (AvgIpc) is 3.15. The summed E-state index contributed by atoms with van der Waals surface area (Å²) in [6.45, 7) is 15.5. The van der Waals surface area contributed by atoms with Crippen molar-refractivity contribution in [1.82, 2.24) is 14.5 Å². The van der Waals surface area contributed by atoms with Crippen molar-refractivity contribution < 1.29 is 4.74 Å². The average molecular weight is 535 g/mol. The Morgan fingerprint density at radius 2 is 1.60 bits per heavy atom. The molecule has 0 spiro atoms. The maximum atomic E-state index is 6.24. The van der Waals surface area contributed by atoms with Crippen LogP contribution in [0.2, 0.25) is 0 Å². The summed E-state index contributed by atoms with van der Waals surface area (Å²) in [7, 11) is 0. The van der Waals surface area contributed by atoms with E-state index in [0.717, 1.165) is 45.7 Å². The fourth-order valence-electron chi connectivity index (χ4n) is 4.86. The fraction of sp³-hybridized carbons (Fsp3) is 0.367. The molecule has 0 N–H and O–H groups in total. The third-order valence-electron chi connectivity index (χ3n) is 6.43. The predicted octanol–water partition coefficient (Wildman–Crippen LogP) is 7.63. The van der Waals surface area contributed by atoms with E-state index in [9.17, 15) is 0 Å². The van der Waals surface area contributed by atoms with Crippen LogP contribution >= 0.6 is 15.9 Å². The molecular formula is C30H36BrN3O. The van der Waals surface area contributed by atoms with Gasteiger partial charge in [0.25, 0.3) is 0 Å². The lowest BCUT2D eigenvalue weighted by Crippen LogP contribution is -2.39. The highest BCUT2D eigenvalue weighted by Gasteiger charge is 2.17. The number of rotatable bonds is 9. The van der Waals surface area contributed by atoms with Crippen LogP contribution in [0.4, 0.5) is 0 Å². The van der Waals surface area contributed by atoms with Crippen LogP contribution in [-0.4, -0.2) is 39.7 Å². The van der Waals surface area contributed by atoms with E-state index in [-0.39, 0.29) is 0 Å². The zero-order valence-corrected chi connectivity index (χ0v) is 23.3. The molecule has 4 aromatic rings. The van der Waals surface area contributed by atoms with Gasteiger partial charge < -0.3 is 9.30 Å². The molecule has 0 fully saturated rings. The van der Waals surface area contributed by atoms with Gasteiger partial charge in [0.15, 0.2) is 0 Å². The van der Waals surface area contributed by atoms with Gasteiger partial charge in [0.1, 0.15) is 18.2 Å². The minimum atomic E-state index is 0.493. The van der Waals surface area contributed by atoms with Crippen molar-refractivity contribution in [3.8, 4) is 17.1 Å². The highest BCUT2D eigenvalue weighted by atomic mass is 79.9. The lowest BCUT2D eigenvalue weighted by atomic mass is 10.1. The maximum Gasteiger partial charge on any atom is 0.141 e. The molecular weight excluding hydrogens is 498 g/mol. The molecule has 0 bridgehead atoms. The van der Waals surface area contributed by atoms with Crippen molar-refractivity contribution in [1.29, 1.82) is 0 Å². The zero-order chi connectivity index (χ0) is 25.1. The van der Waals surface area contributed by atoms with E-state index in [1.54, 1.807) is 0 Å². The van der Waals surface area contributed by atoms with Gasteiger partial charge in [-0.1, -0.05) is 51.3 Å². The van der Waals surface area contributed by atoms with Crippen molar-refractivity contribution in [3.05, 3.63) is 81.8 Å². The first-order valence-corrected chi connectivity index (χ1v) is 13.2. The Labute approximate surface area is 218 Å². The number of hydrogen-bond acceptors (Lipinski definition) is 3. The summed E-state index contributed by atoms with van der Waals surface area (Å²) in [5.41, 5.74) is 6.89. The van der Waals surface area contributed by atoms with Crippen molar-refractivity contribution in [2.75, 3.05) is 13.2 Å². The molecule has 4 rings (SSSR count). The van der Waals surface area contributed by atoms with E-state index in [4.69, 9.17) is 9.72 Å². The summed E-state index contributed by atoms with van der Waals surface area (Å²) in [6, 6.07) is 22.3. The van der Waals surface area contributed by atoms with E-state index < -0.39 is 0 Å². The van der Waals surface area contributed by atoms with Crippen molar-refractivity contribution in [3.63, 3.8) is 0 Å². The molecule has 0 atom stereocenters. The minimum Gasteiger partial charge on any atom is -0.492 e. The van der Waals surface area contributed by atoms with Crippen LogP contribution in [0.15, 0.2) is 65.1 Å². The topological polar surface area (TPSA) is 30.3 Å². The van der Waals surface area contributed by atoms with Gasteiger partial charge in [-0.25, -0.2) is 4.98 Å². The van der Waals surface area contributed by atoms with Gasteiger partial charge in [0.2, 0.25) is 0 Å². The molecule has 0 radical (unpaired) electrons. The largest absolute Gasteiger partial charge is 0.492 e. The molecule has 5 heteroatoms. The quantitative estimate of drug-likeness (QED) is 0.221. The Morgan fingerprint density at radius 3 is 2.26 bits per heavy atom. The van der Waals surface area contributed by atoms with E-state index in [0.29, 0.717) is 18.7 Å². The number of aromatic nitrogens is 2. The Kier molecular flexibility index (Phi) is 7.98. The van der Waals surface area contributed by atoms with Gasteiger partial charge in [0.05, 0.1) is 17.6 Å². The number of fused-ring (bicyclic) bond motifs is 1.